The second-order valence-electron chi connectivity index (χ2n) is 3.88. The molecule has 2 aromatic rings. The molecule has 6 heteroatoms. The van der Waals surface area contributed by atoms with Gasteiger partial charge in [-0.2, -0.15) is 0 Å². The Morgan fingerprint density at radius 1 is 1.42 bits per heavy atom. The van der Waals surface area contributed by atoms with Crippen LogP contribution < -0.4 is 10.1 Å². The number of hydrogen-bond acceptors (Lipinski definition) is 5. The van der Waals surface area contributed by atoms with E-state index < -0.39 is 0 Å². The van der Waals surface area contributed by atoms with Crippen LogP contribution in [0.25, 0.3) is 0 Å². The van der Waals surface area contributed by atoms with Crippen LogP contribution in [0.2, 0.25) is 5.15 Å². The summed E-state index contributed by atoms with van der Waals surface area (Å²) in [7, 11) is 1.60. The van der Waals surface area contributed by atoms with E-state index in [9.17, 15) is 5.11 Å². The highest BCUT2D eigenvalue weighted by molar-refractivity contribution is 6.29. The van der Waals surface area contributed by atoms with Gasteiger partial charge in [0.25, 0.3) is 0 Å². The summed E-state index contributed by atoms with van der Waals surface area (Å²) in [6.07, 6.45) is 3.00. The molecule has 1 aromatic heterocycles. The maximum absolute atomic E-state index is 9.49. The van der Waals surface area contributed by atoms with Gasteiger partial charge in [-0.25, -0.2) is 4.98 Å². The van der Waals surface area contributed by atoms with Crippen LogP contribution in [-0.2, 0) is 0 Å². The summed E-state index contributed by atoms with van der Waals surface area (Å²) in [5.41, 5.74) is 0.892. The Hall–Kier alpha value is -1.85. The second-order valence-corrected chi connectivity index (χ2v) is 4.27. The molecule has 0 amide bonds. The van der Waals surface area contributed by atoms with Crippen molar-refractivity contribution in [3.63, 3.8) is 0 Å². The van der Waals surface area contributed by atoms with Gasteiger partial charge in [-0.05, 0) is 17.7 Å². The predicted molar refractivity (Wildman–Crippen MR) is 73.5 cm³/mol. The molecule has 0 aliphatic rings. The normalized spacial score (nSPS) is 11.9. The largest absolute Gasteiger partial charge is 0.497 e. The number of aliphatic hydroxyl groups excluding tert-OH is 1. The van der Waals surface area contributed by atoms with E-state index in [2.05, 4.69) is 15.3 Å². The van der Waals surface area contributed by atoms with E-state index in [-0.39, 0.29) is 12.6 Å². The fourth-order valence-electron chi connectivity index (χ4n) is 1.68. The SMILES string of the molecule is COc1cccc(C(CO)Nc2cncc(Cl)n2)c1. The topological polar surface area (TPSA) is 67.3 Å². The number of rotatable bonds is 5. The molecule has 1 heterocycles. The lowest BCUT2D eigenvalue weighted by Gasteiger charge is -2.17. The number of ether oxygens (including phenoxy) is 1. The van der Waals surface area contributed by atoms with Crippen molar-refractivity contribution < 1.29 is 9.84 Å². The minimum atomic E-state index is -0.303. The van der Waals surface area contributed by atoms with Crippen molar-refractivity contribution in [3.8, 4) is 5.75 Å². The van der Waals surface area contributed by atoms with Gasteiger partial charge in [0.05, 0.1) is 32.2 Å². The molecule has 1 unspecified atom stereocenters. The van der Waals surface area contributed by atoms with Crippen molar-refractivity contribution in [2.24, 2.45) is 0 Å². The number of hydrogen-bond donors (Lipinski definition) is 2. The fourth-order valence-corrected chi connectivity index (χ4v) is 1.83. The van der Waals surface area contributed by atoms with Crippen LogP contribution in [0.4, 0.5) is 5.82 Å². The molecule has 2 rings (SSSR count). The van der Waals surface area contributed by atoms with Crippen molar-refractivity contribution in [3.05, 3.63) is 47.4 Å². The highest BCUT2D eigenvalue weighted by atomic mass is 35.5. The maximum Gasteiger partial charge on any atom is 0.149 e. The number of benzene rings is 1. The van der Waals surface area contributed by atoms with Gasteiger partial charge in [-0.15, -0.1) is 0 Å². The summed E-state index contributed by atoms with van der Waals surface area (Å²) in [5.74, 6) is 1.24. The molecule has 0 aliphatic heterocycles. The fraction of sp³-hybridized carbons (Fsp3) is 0.231. The number of aromatic nitrogens is 2. The number of anilines is 1. The molecule has 19 heavy (non-hydrogen) atoms. The van der Waals surface area contributed by atoms with Crippen LogP contribution in [0.1, 0.15) is 11.6 Å². The Morgan fingerprint density at radius 3 is 2.95 bits per heavy atom. The first-order chi connectivity index (χ1) is 9.22. The lowest BCUT2D eigenvalue weighted by atomic mass is 10.1. The van der Waals surface area contributed by atoms with Gasteiger partial charge in [0.15, 0.2) is 0 Å². The van der Waals surface area contributed by atoms with E-state index in [4.69, 9.17) is 16.3 Å². The molecular formula is C13H14ClN3O2. The first-order valence-electron chi connectivity index (χ1n) is 5.72. The smallest absolute Gasteiger partial charge is 0.149 e. The lowest BCUT2D eigenvalue weighted by Crippen LogP contribution is -2.15. The minimum absolute atomic E-state index is 0.0820. The molecule has 100 valence electrons. The summed E-state index contributed by atoms with van der Waals surface area (Å²) in [4.78, 5) is 8.01. The first-order valence-corrected chi connectivity index (χ1v) is 6.09. The Labute approximate surface area is 116 Å². The van der Waals surface area contributed by atoms with Gasteiger partial charge in [-0.1, -0.05) is 23.7 Å². The quantitative estimate of drug-likeness (QED) is 0.879. The first kappa shape index (κ1) is 13.6. The predicted octanol–water partition coefficient (Wildman–Crippen LogP) is 2.28. The van der Waals surface area contributed by atoms with Crippen molar-refractivity contribution in [1.29, 1.82) is 0 Å². The lowest BCUT2D eigenvalue weighted by molar-refractivity contribution is 0.276. The molecule has 0 spiro atoms. The van der Waals surface area contributed by atoms with E-state index in [0.717, 1.165) is 11.3 Å². The van der Waals surface area contributed by atoms with Crippen LogP contribution in [0.15, 0.2) is 36.7 Å². The number of halogens is 1. The standard InChI is InChI=1S/C13H14ClN3O2/c1-19-10-4-2-3-9(5-10)11(8-18)16-13-7-15-6-12(14)17-13/h2-7,11,18H,8H2,1H3,(H,16,17). The van der Waals surface area contributed by atoms with E-state index in [0.29, 0.717) is 11.0 Å². The van der Waals surface area contributed by atoms with Gasteiger partial charge >= 0.3 is 0 Å². The second kappa shape index (κ2) is 6.36. The van der Waals surface area contributed by atoms with Gasteiger partial charge in [0.2, 0.25) is 0 Å². The number of methoxy groups -OCH3 is 1. The van der Waals surface area contributed by atoms with Gasteiger partial charge in [-0.3, -0.25) is 4.98 Å². The maximum atomic E-state index is 9.49. The molecule has 0 saturated carbocycles. The molecule has 0 saturated heterocycles. The third-order valence-corrected chi connectivity index (χ3v) is 2.79. The van der Waals surface area contributed by atoms with Crippen LogP contribution in [0, 0.1) is 0 Å². The van der Waals surface area contributed by atoms with E-state index in [1.165, 1.54) is 6.20 Å². The molecule has 0 aliphatic carbocycles. The van der Waals surface area contributed by atoms with E-state index in [1.54, 1.807) is 13.3 Å². The molecule has 1 atom stereocenters. The minimum Gasteiger partial charge on any atom is -0.497 e. The average molecular weight is 280 g/mol. The monoisotopic (exact) mass is 279 g/mol. The molecule has 0 bridgehead atoms. The zero-order chi connectivity index (χ0) is 13.7. The summed E-state index contributed by atoms with van der Waals surface area (Å²) in [5, 5.41) is 12.9. The summed E-state index contributed by atoms with van der Waals surface area (Å²) < 4.78 is 5.16. The molecular weight excluding hydrogens is 266 g/mol. The van der Waals surface area contributed by atoms with Crippen molar-refractivity contribution in [2.75, 3.05) is 19.0 Å². The van der Waals surface area contributed by atoms with Crippen LogP contribution in [-0.4, -0.2) is 28.8 Å². The zero-order valence-electron chi connectivity index (χ0n) is 10.4. The van der Waals surface area contributed by atoms with Crippen molar-refractivity contribution in [1.82, 2.24) is 9.97 Å². The molecule has 2 N–H and O–H groups in total. The number of nitrogens with zero attached hydrogens (tertiary/aromatic N) is 2. The Kier molecular flexibility index (Phi) is 4.54. The highest BCUT2D eigenvalue weighted by Gasteiger charge is 2.12. The molecule has 0 radical (unpaired) electrons. The number of nitrogens with one attached hydrogen (secondary N) is 1. The Morgan fingerprint density at radius 2 is 2.26 bits per heavy atom. The van der Waals surface area contributed by atoms with Crippen LogP contribution in [0.5, 0.6) is 5.75 Å². The summed E-state index contributed by atoms with van der Waals surface area (Å²) in [6.45, 7) is -0.0820. The van der Waals surface area contributed by atoms with Gasteiger partial charge < -0.3 is 15.2 Å². The van der Waals surface area contributed by atoms with Crippen LogP contribution in [0.3, 0.4) is 0 Å². The molecule has 1 aromatic carbocycles. The van der Waals surface area contributed by atoms with Crippen molar-refractivity contribution >= 4 is 17.4 Å². The van der Waals surface area contributed by atoms with E-state index in [1.807, 2.05) is 24.3 Å². The van der Waals surface area contributed by atoms with Gasteiger partial charge in [0, 0.05) is 0 Å². The highest BCUT2D eigenvalue weighted by Crippen LogP contribution is 2.22. The zero-order valence-corrected chi connectivity index (χ0v) is 11.1. The molecule has 0 fully saturated rings. The number of aliphatic hydroxyl groups is 1. The van der Waals surface area contributed by atoms with Gasteiger partial charge in [0.1, 0.15) is 16.7 Å². The Bertz CT molecular complexity index is 551. The van der Waals surface area contributed by atoms with Crippen molar-refractivity contribution in [2.45, 2.75) is 6.04 Å². The Balaban J connectivity index is 2.19. The third kappa shape index (κ3) is 3.56. The third-order valence-electron chi connectivity index (χ3n) is 2.61. The van der Waals surface area contributed by atoms with Crippen LogP contribution >= 0.6 is 11.6 Å². The molecule has 5 nitrogen and oxygen atoms in total. The summed E-state index contributed by atoms with van der Waals surface area (Å²) in [6, 6.07) is 7.15. The van der Waals surface area contributed by atoms with E-state index >= 15 is 0 Å². The average Bonchev–Trinajstić information content (AvgIpc) is 2.45. The summed E-state index contributed by atoms with van der Waals surface area (Å²) >= 11 is 5.77.